The maximum Gasteiger partial charge on any atom is 0.326 e. The van der Waals surface area contributed by atoms with Crippen molar-refractivity contribution in [3.05, 3.63) is 34.9 Å². The normalized spacial score (nSPS) is 13.8. The Balaban J connectivity index is 2.92. The Hall–Kier alpha value is -1.55. The summed E-state index contributed by atoms with van der Waals surface area (Å²) in [4.78, 5) is 23.6. The largest absolute Gasteiger partial charge is 0.480 e. The molecule has 0 bridgehead atoms. The topological polar surface area (TPSA) is 66.4 Å². The maximum atomic E-state index is 12.5. The lowest BCUT2D eigenvalue weighted by Gasteiger charge is -2.23. The third-order valence-electron chi connectivity index (χ3n) is 3.37. The van der Waals surface area contributed by atoms with Crippen LogP contribution >= 0.6 is 11.6 Å². The van der Waals surface area contributed by atoms with Crippen LogP contribution in [0, 0.1) is 5.92 Å². The Bertz CT molecular complexity index is 485. The summed E-state index contributed by atoms with van der Waals surface area (Å²) < 4.78 is 0. The zero-order valence-electron chi connectivity index (χ0n) is 12.6. The second-order valence-corrected chi connectivity index (χ2v) is 5.90. The first-order chi connectivity index (χ1) is 9.86. The fraction of sp³-hybridized carbons (Fsp3) is 0.500. The lowest BCUT2D eigenvalue weighted by Crippen LogP contribution is -2.43. The molecule has 0 heterocycles. The van der Waals surface area contributed by atoms with Crippen LogP contribution in [0.2, 0.25) is 5.02 Å². The van der Waals surface area contributed by atoms with E-state index in [1.54, 1.807) is 12.1 Å². The van der Waals surface area contributed by atoms with Crippen LogP contribution in [-0.4, -0.2) is 23.0 Å². The lowest BCUT2D eigenvalue weighted by atomic mass is 9.87. The average Bonchev–Trinajstić information content (AvgIpc) is 2.40. The minimum Gasteiger partial charge on any atom is -0.480 e. The fourth-order valence-electron chi connectivity index (χ4n) is 2.32. The van der Waals surface area contributed by atoms with Gasteiger partial charge in [0.1, 0.15) is 6.04 Å². The molecule has 5 heteroatoms. The summed E-state index contributed by atoms with van der Waals surface area (Å²) in [6.45, 7) is 5.77. The van der Waals surface area contributed by atoms with Crippen molar-refractivity contribution in [3.63, 3.8) is 0 Å². The van der Waals surface area contributed by atoms with E-state index in [0.717, 1.165) is 5.56 Å². The molecule has 0 fully saturated rings. The molecule has 1 amide bonds. The molecule has 0 aliphatic rings. The van der Waals surface area contributed by atoms with Crippen molar-refractivity contribution >= 4 is 23.5 Å². The smallest absolute Gasteiger partial charge is 0.326 e. The van der Waals surface area contributed by atoms with Crippen molar-refractivity contribution in [1.82, 2.24) is 5.32 Å². The first-order valence-corrected chi connectivity index (χ1v) is 7.53. The van der Waals surface area contributed by atoms with Gasteiger partial charge in [-0.05, 0) is 30.0 Å². The van der Waals surface area contributed by atoms with Crippen LogP contribution < -0.4 is 5.32 Å². The molecule has 0 aliphatic carbocycles. The number of benzene rings is 1. The summed E-state index contributed by atoms with van der Waals surface area (Å²) in [5.74, 6) is -1.58. The second kappa shape index (κ2) is 8.03. The zero-order chi connectivity index (χ0) is 16.0. The number of carboxylic acid groups (broad SMARTS) is 1. The van der Waals surface area contributed by atoms with Crippen LogP contribution in [0.25, 0.3) is 0 Å². The maximum absolute atomic E-state index is 12.5. The number of hydrogen-bond donors (Lipinski definition) is 2. The second-order valence-electron chi connectivity index (χ2n) is 5.46. The van der Waals surface area contributed by atoms with Crippen molar-refractivity contribution in [1.29, 1.82) is 0 Å². The standard InChI is InChI=1S/C16H22ClNO3/c1-4-5-13(16(20)21)18-15(19)14(10(2)3)11-6-8-12(17)9-7-11/h6-10,13-14H,4-5H2,1-3H3,(H,18,19)(H,20,21). The van der Waals surface area contributed by atoms with Crippen LogP contribution in [0.15, 0.2) is 24.3 Å². The van der Waals surface area contributed by atoms with Gasteiger partial charge in [0.2, 0.25) is 5.91 Å². The molecule has 21 heavy (non-hydrogen) atoms. The van der Waals surface area contributed by atoms with E-state index < -0.39 is 12.0 Å². The van der Waals surface area contributed by atoms with E-state index in [1.807, 2.05) is 32.9 Å². The zero-order valence-corrected chi connectivity index (χ0v) is 13.4. The van der Waals surface area contributed by atoms with Crippen molar-refractivity contribution in [2.75, 3.05) is 0 Å². The Morgan fingerprint density at radius 2 is 1.81 bits per heavy atom. The van der Waals surface area contributed by atoms with E-state index in [4.69, 9.17) is 16.7 Å². The summed E-state index contributed by atoms with van der Waals surface area (Å²) in [6, 6.07) is 6.25. The molecule has 0 spiro atoms. The average molecular weight is 312 g/mol. The highest BCUT2D eigenvalue weighted by molar-refractivity contribution is 6.30. The number of carbonyl (C=O) groups is 2. The van der Waals surface area contributed by atoms with Gasteiger partial charge in [0.05, 0.1) is 5.92 Å². The minimum absolute atomic E-state index is 0.0576. The predicted octanol–water partition coefficient (Wildman–Crippen LogP) is 3.45. The van der Waals surface area contributed by atoms with E-state index in [2.05, 4.69) is 5.32 Å². The Kier molecular flexibility index (Phi) is 6.69. The summed E-state index contributed by atoms with van der Waals surface area (Å²) in [5.41, 5.74) is 0.840. The third kappa shape index (κ3) is 5.05. The van der Waals surface area contributed by atoms with Crippen LogP contribution in [0.4, 0.5) is 0 Å². The summed E-state index contributed by atoms with van der Waals surface area (Å²) in [5, 5.41) is 12.4. The molecule has 1 rings (SSSR count). The van der Waals surface area contributed by atoms with E-state index in [-0.39, 0.29) is 17.7 Å². The monoisotopic (exact) mass is 311 g/mol. The third-order valence-corrected chi connectivity index (χ3v) is 3.62. The molecule has 2 N–H and O–H groups in total. The number of aliphatic carboxylic acids is 1. The quantitative estimate of drug-likeness (QED) is 0.810. The number of nitrogens with one attached hydrogen (secondary N) is 1. The summed E-state index contributed by atoms with van der Waals surface area (Å²) >= 11 is 5.86. The first-order valence-electron chi connectivity index (χ1n) is 7.15. The molecule has 1 aromatic rings. The van der Waals surface area contributed by atoms with E-state index in [9.17, 15) is 9.59 Å². The van der Waals surface area contributed by atoms with Crippen LogP contribution in [0.1, 0.15) is 45.1 Å². The number of hydrogen-bond acceptors (Lipinski definition) is 2. The molecule has 1 aromatic carbocycles. The highest BCUT2D eigenvalue weighted by Gasteiger charge is 2.28. The van der Waals surface area contributed by atoms with Gasteiger partial charge in [-0.25, -0.2) is 4.79 Å². The Morgan fingerprint density at radius 1 is 1.24 bits per heavy atom. The van der Waals surface area contributed by atoms with Gasteiger partial charge in [-0.1, -0.05) is 50.9 Å². The Morgan fingerprint density at radius 3 is 2.24 bits per heavy atom. The van der Waals surface area contributed by atoms with Gasteiger partial charge < -0.3 is 10.4 Å². The molecule has 0 radical (unpaired) electrons. The van der Waals surface area contributed by atoms with Gasteiger partial charge in [0, 0.05) is 5.02 Å². The molecule has 0 aliphatic heterocycles. The van der Waals surface area contributed by atoms with Crippen molar-refractivity contribution in [3.8, 4) is 0 Å². The highest BCUT2D eigenvalue weighted by atomic mass is 35.5. The van der Waals surface area contributed by atoms with Crippen molar-refractivity contribution in [2.24, 2.45) is 5.92 Å². The number of rotatable bonds is 7. The fourth-order valence-corrected chi connectivity index (χ4v) is 2.44. The molecule has 2 atom stereocenters. The Labute approximate surface area is 130 Å². The van der Waals surface area contributed by atoms with Gasteiger partial charge in [0.15, 0.2) is 0 Å². The molecular formula is C16H22ClNO3. The lowest BCUT2D eigenvalue weighted by molar-refractivity contribution is -0.142. The molecule has 4 nitrogen and oxygen atoms in total. The van der Waals surface area contributed by atoms with Crippen LogP contribution in [0.5, 0.6) is 0 Å². The van der Waals surface area contributed by atoms with Gasteiger partial charge in [0.25, 0.3) is 0 Å². The number of halogens is 1. The van der Waals surface area contributed by atoms with Gasteiger partial charge in [-0.15, -0.1) is 0 Å². The molecular weight excluding hydrogens is 290 g/mol. The first kappa shape index (κ1) is 17.5. The van der Waals surface area contributed by atoms with E-state index >= 15 is 0 Å². The molecule has 0 aromatic heterocycles. The van der Waals surface area contributed by atoms with Crippen molar-refractivity contribution < 1.29 is 14.7 Å². The van der Waals surface area contributed by atoms with Gasteiger partial charge in [-0.2, -0.15) is 0 Å². The molecule has 116 valence electrons. The number of carboxylic acids is 1. The SMILES string of the molecule is CCCC(NC(=O)C(c1ccc(Cl)cc1)C(C)C)C(=O)O. The number of carbonyl (C=O) groups excluding carboxylic acids is 1. The summed E-state index contributed by atoms with van der Waals surface area (Å²) in [7, 11) is 0. The molecule has 0 saturated heterocycles. The minimum atomic E-state index is -0.996. The van der Waals surface area contributed by atoms with E-state index in [0.29, 0.717) is 17.9 Å². The van der Waals surface area contributed by atoms with E-state index in [1.165, 1.54) is 0 Å². The van der Waals surface area contributed by atoms with Gasteiger partial charge in [-0.3, -0.25) is 4.79 Å². The predicted molar refractivity (Wildman–Crippen MR) is 83.5 cm³/mol. The molecule has 0 saturated carbocycles. The number of amides is 1. The van der Waals surface area contributed by atoms with Crippen LogP contribution in [-0.2, 0) is 9.59 Å². The van der Waals surface area contributed by atoms with Gasteiger partial charge >= 0.3 is 5.97 Å². The van der Waals surface area contributed by atoms with Crippen molar-refractivity contribution in [2.45, 2.75) is 45.6 Å². The van der Waals surface area contributed by atoms with Crippen LogP contribution in [0.3, 0.4) is 0 Å². The summed E-state index contributed by atoms with van der Waals surface area (Å²) in [6.07, 6.45) is 1.12. The molecule has 2 unspecified atom stereocenters. The highest BCUT2D eigenvalue weighted by Crippen LogP contribution is 2.26.